The van der Waals surface area contributed by atoms with Gasteiger partial charge in [-0.15, -0.1) is 0 Å². The fourth-order valence-corrected chi connectivity index (χ4v) is 8.67. The maximum Gasteiger partial charge on any atom is 0.208 e. The molecule has 3 unspecified atom stereocenters. The van der Waals surface area contributed by atoms with Crippen LogP contribution >= 0.6 is 0 Å². The van der Waals surface area contributed by atoms with E-state index >= 15 is 0 Å². The predicted octanol–water partition coefficient (Wildman–Crippen LogP) is -0.839. The Morgan fingerprint density at radius 3 is 2.48 bits per heavy atom. The summed E-state index contributed by atoms with van der Waals surface area (Å²) in [4.78, 5) is 13.8. The molecular formula is C20H29NO6. The van der Waals surface area contributed by atoms with E-state index in [-0.39, 0.29) is 29.6 Å². The molecule has 27 heavy (non-hydrogen) atoms. The Morgan fingerprint density at radius 1 is 1.11 bits per heavy atom. The van der Waals surface area contributed by atoms with Gasteiger partial charge >= 0.3 is 0 Å². The molecule has 4 bridgehead atoms. The van der Waals surface area contributed by atoms with E-state index in [1.165, 1.54) is 0 Å². The van der Waals surface area contributed by atoms with Crippen molar-refractivity contribution in [1.82, 2.24) is 5.32 Å². The molecular weight excluding hydrogens is 350 g/mol. The first-order chi connectivity index (χ1) is 12.6. The molecule has 3 spiro atoms. The maximum atomic E-state index is 13.8. The van der Waals surface area contributed by atoms with Crippen molar-refractivity contribution < 1.29 is 30.0 Å². The van der Waals surface area contributed by atoms with E-state index in [9.17, 15) is 25.2 Å². The zero-order valence-corrected chi connectivity index (χ0v) is 15.8. The summed E-state index contributed by atoms with van der Waals surface area (Å²) in [6.45, 7) is 4.74. The Morgan fingerprint density at radius 2 is 1.81 bits per heavy atom. The molecule has 4 aliphatic carbocycles. The Labute approximate surface area is 158 Å². The van der Waals surface area contributed by atoms with Crippen molar-refractivity contribution >= 4 is 5.78 Å². The van der Waals surface area contributed by atoms with Crippen LogP contribution in [0.1, 0.15) is 39.5 Å². The number of rotatable bonds is 0. The van der Waals surface area contributed by atoms with E-state index in [0.29, 0.717) is 25.8 Å². The van der Waals surface area contributed by atoms with Gasteiger partial charge in [-0.3, -0.25) is 4.79 Å². The molecule has 4 saturated carbocycles. The van der Waals surface area contributed by atoms with Crippen LogP contribution in [0.2, 0.25) is 0 Å². The molecule has 0 radical (unpaired) electrons. The number of nitrogens with one attached hydrogen (secondary N) is 1. The van der Waals surface area contributed by atoms with Crippen molar-refractivity contribution in [2.45, 2.75) is 69.2 Å². The van der Waals surface area contributed by atoms with Crippen molar-refractivity contribution in [1.29, 1.82) is 0 Å². The number of carbonyl (C=O) groups is 1. The van der Waals surface area contributed by atoms with E-state index in [0.717, 1.165) is 6.42 Å². The highest BCUT2D eigenvalue weighted by atomic mass is 16.6. The average Bonchev–Trinajstić information content (AvgIpc) is 3.40. The second kappa shape index (κ2) is 4.45. The molecule has 7 heteroatoms. The van der Waals surface area contributed by atoms with Crippen LogP contribution in [0, 0.1) is 34.0 Å². The topological polar surface area (TPSA) is 129 Å². The number of ether oxygens (including phenoxy) is 1. The first-order valence-corrected chi connectivity index (χ1v) is 10.3. The molecule has 10 atom stereocenters. The highest BCUT2D eigenvalue weighted by Gasteiger charge is 2.90. The molecule has 7 nitrogen and oxygen atoms in total. The third-order valence-corrected chi connectivity index (χ3v) is 9.74. The third kappa shape index (κ3) is 1.41. The van der Waals surface area contributed by atoms with Gasteiger partial charge in [-0.2, -0.15) is 0 Å². The second-order valence-corrected chi connectivity index (χ2v) is 10.8. The minimum absolute atomic E-state index is 0.118. The Balaban J connectivity index is 1.64. The van der Waals surface area contributed by atoms with E-state index in [1.807, 2.05) is 0 Å². The lowest BCUT2D eigenvalue weighted by molar-refractivity contribution is -0.458. The van der Waals surface area contributed by atoms with Crippen molar-refractivity contribution in [3.63, 3.8) is 0 Å². The largest absolute Gasteiger partial charge is 0.392 e. The number of Topliss-reactive ketones (excluding diaryl/α,β-unsaturated/α-hetero) is 1. The van der Waals surface area contributed by atoms with Crippen LogP contribution in [0.3, 0.4) is 0 Å². The zero-order chi connectivity index (χ0) is 19.2. The quantitative estimate of drug-likeness (QED) is 0.347. The summed E-state index contributed by atoms with van der Waals surface area (Å²) in [7, 11) is 0. The van der Waals surface area contributed by atoms with Crippen LogP contribution in [0.4, 0.5) is 0 Å². The lowest BCUT2D eigenvalue weighted by Gasteiger charge is -2.74. The lowest BCUT2D eigenvalue weighted by atomic mass is 9.35. The summed E-state index contributed by atoms with van der Waals surface area (Å²) in [5, 5.41) is 48.9. The van der Waals surface area contributed by atoms with Crippen LogP contribution in [-0.2, 0) is 9.53 Å². The highest BCUT2D eigenvalue weighted by Crippen LogP contribution is 2.77. The third-order valence-electron chi connectivity index (χ3n) is 9.74. The maximum absolute atomic E-state index is 13.8. The zero-order valence-electron chi connectivity index (χ0n) is 15.8. The van der Waals surface area contributed by atoms with Crippen molar-refractivity contribution in [2.75, 3.05) is 13.2 Å². The van der Waals surface area contributed by atoms with Gasteiger partial charge < -0.3 is 30.5 Å². The van der Waals surface area contributed by atoms with E-state index < -0.39 is 46.4 Å². The van der Waals surface area contributed by atoms with Gasteiger partial charge in [-0.05, 0) is 37.0 Å². The SMILES string of the molecule is CC1(C)CC[C@H](O)[C@]23CO[C@](O)([C@@H](O)C12)[C@]12C(=O)C4(CN4)[C@H](CCC31)[C@H]2O. The first-order valence-electron chi connectivity index (χ1n) is 10.3. The molecule has 3 saturated heterocycles. The summed E-state index contributed by atoms with van der Waals surface area (Å²) < 4.78 is 5.89. The molecule has 7 rings (SSSR count). The number of aliphatic hydroxyl groups excluding tert-OH is 3. The minimum atomic E-state index is -2.11. The Kier molecular flexibility index (Phi) is 2.85. The summed E-state index contributed by atoms with van der Waals surface area (Å²) in [5.41, 5.74) is -3.50. The van der Waals surface area contributed by atoms with Crippen LogP contribution in [-0.4, -0.2) is 69.0 Å². The van der Waals surface area contributed by atoms with Gasteiger partial charge in [0, 0.05) is 23.8 Å². The van der Waals surface area contributed by atoms with Gasteiger partial charge in [0.25, 0.3) is 0 Å². The van der Waals surface area contributed by atoms with Crippen molar-refractivity contribution in [2.24, 2.45) is 34.0 Å². The summed E-state index contributed by atoms with van der Waals surface area (Å²) >= 11 is 0. The molecule has 3 heterocycles. The molecule has 5 N–H and O–H groups in total. The molecule has 0 amide bonds. The van der Waals surface area contributed by atoms with Crippen LogP contribution in [0.15, 0.2) is 0 Å². The van der Waals surface area contributed by atoms with Gasteiger partial charge in [-0.25, -0.2) is 0 Å². The van der Waals surface area contributed by atoms with E-state index in [2.05, 4.69) is 19.2 Å². The first kappa shape index (κ1) is 17.3. The molecule has 150 valence electrons. The Hall–Kier alpha value is -0.570. The van der Waals surface area contributed by atoms with Crippen molar-refractivity contribution in [3.05, 3.63) is 0 Å². The van der Waals surface area contributed by atoms with Crippen LogP contribution in [0.5, 0.6) is 0 Å². The van der Waals surface area contributed by atoms with Gasteiger partial charge in [0.15, 0.2) is 5.78 Å². The smallest absolute Gasteiger partial charge is 0.208 e. The van der Waals surface area contributed by atoms with Gasteiger partial charge in [0.2, 0.25) is 5.79 Å². The number of aliphatic hydroxyl groups is 4. The molecule has 7 fully saturated rings. The number of ketones is 1. The number of hydrogen-bond donors (Lipinski definition) is 5. The van der Waals surface area contributed by atoms with Gasteiger partial charge in [0.05, 0.1) is 24.4 Å². The standard InChI is InChI=1S/C20H29NO6/c1-16(2)6-5-11(22)17-8-27-20(26,14(24)12(16)17)19-10(17)4-3-9(13(19)23)18(7-21-18)15(19)25/h9-14,21-24,26H,3-8H2,1-2H3/t9-,10?,11+,12?,13-,14+,17-,18?,19-,20-/m1/s1. The molecule has 0 aromatic rings. The predicted molar refractivity (Wildman–Crippen MR) is 92.2 cm³/mol. The molecule has 7 aliphatic rings. The minimum Gasteiger partial charge on any atom is -0.392 e. The number of fused-ring (bicyclic) bond motifs is 3. The summed E-state index contributed by atoms with van der Waals surface area (Å²) in [6.07, 6.45) is -0.483. The van der Waals surface area contributed by atoms with E-state index in [1.54, 1.807) is 0 Å². The lowest BCUT2D eigenvalue weighted by Crippen LogP contribution is -2.85. The fourth-order valence-electron chi connectivity index (χ4n) is 8.67. The average molecular weight is 379 g/mol. The molecule has 0 aromatic heterocycles. The summed E-state index contributed by atoms with van der Waals surface area (Å²) in [6, 6.07) is 0. The normalized spacial score (nSPS) is 65.2. The summed E-state index contributed by atoms with van der Waals surface area (Å²) in [5.74, 6) is -3.38. The number of hydrogen-bond acceptors (Lipinski definition) is 7. The molecule has 0 aromatic carbocycles. The molecule has 3 aliphatic heterocycles. The Bertz CT molecular complexity index is 751. The van der Waals surface area contributed by atoms with Crippen LogP contribution < -0.4 is 5.32 Å². The number of carbonyl (C=O) groups excluding carboxylic acids is 1. The monoisotopic (exact) mass is 379 g/mol. The van der Waals surface area contributed by atoms with Gasteiger partial charge in [0.1, 0.15) is 11.5 Å². The second-order valence-electron chi connectivity index (χ2n) is 10.8. The van der Waals surface area contributed by atoms with Gasteiger partial charge in [-0.1, -0.05) is 13.8 Å². The van der Waals surface area contributed by atoms with E-state index in [4.69, 9.17) is 4.74 Å². The van der Waals surface area contributed by atoms with Crippen molar-refractivity contribution in [3.8, 4) is 0 Å². The van der Waals surface area contributed by atoms with Crippen LogP contribution in [0.25, 0.3) is 0 Å². The fraction of sp³-hybridized carbons (Fsp3) is 0.950. The highest BCUT2D eigenvalue weighted by molar-refractivity contribution is 6.02.